The smallest absolute Gasteiger partial charge is 0.222 e. The SMILES string of the molecule is CC(C)n1cc(CN2CCN(C)[C@]3(CCC(=O)N(CC4CC4)CC3)C2)cn1. The van der Waals surface area contributed by atoms with Crippen molar-refractivity contribution in [3.63, 3.8) is 0 Å². The third kappa shape index (κ3) is 4.21. The Balaban J connectivity index is 1.42. The predicted octanol–water partition coefficient (Wildman–Crippen LogP) is 2.37. The predicted molar refractivity (Wildman–Crippen MR) is 106 cm³/mol. The molecule has 150 valence electrons. The van der Waals surface area contributed by atoms with E-state index in [1.807, 2.05) is 10.9 Å². The second-order valence-electron chi connectivity index (χ2n) is 9.31. The highest BCUT2D eigenvalue weighted by molar-refractivity contribution is 5.76. The molecule has 1 aromatic rings. The maximum atomic E-state index is 12.6. The molecule has 27 heavy (non-hydrogen) atoms. The standard InChI is InChI=1S/C21H35N5O/c1-17(2)26-15-19(12-22-26)13-24-11-10-23(3)21(16-24)7-6-20(27)25(9-8-21)14-18-4-5-18/h12,15,17-18H,4-11,13-14,16H2,1-3H3/t21-/m0/s1. The lowest BCUT2D eigenvalue weighted by atomic mass is 9.86. The Labute approximate surface area is 163 Å². The first-order chi connectivity index (χ1) is 12.9. The van der Waals surface area contributed by atoms with Crippen LogP contribution in [0, 0.1) is 5.92 Å². The van der Waals surface area contributed by atoms with Crippen molar-refractivity contribution >= 4 is 5.91 Å². The molecule has 4 rings (SSSR count). The van der Waals surface area contributed by atoms with E-state index in [2.05, 4.69) is 46.9 Å². The van der Waals surface area contributed by atoms with E-state index < -0.39 is 0 Å². The number of hydrogen-bond acceptors (Lipinski definition) is 4. The molecule has 1 spiro atoms. The lowest BCUT2D eigenvalue weighted by molar-refractivity contribution is -0.131. The summed E-state index contributed by atoms with van der Waals surface area (Å²) < 4.78 is 2.04. The summed E-state index contributed by atoms with van der Waals surface area (Å²) in [5, 5.41) is 4.50. The van der Waals surface area contributed by atoms with Gasteiger partial charge in [-0.25, -0.2) is 0 Å². The van der Waals surface area contributed by atoms with Crippen LogP contribution in [0.3, 0.4) is 0 Å². The largest absolute Gasteiger partial charge is 0.342 e. The third-order valence-corrected chi connectivity index (χ3v) is 6.85. The molecule has 0 unspecified atom stereocenters. The highest BCUT2D eigenvalue weighted by atomic mass is 16.2. The van der Waals surface area contributed by atoms with E-state index in [0.717, 1.165) is 58.0 Å². The highest BCUT2D eigenvalue weighted by Gasteiger charge is 2.42. The van der Waals surface area contributed by atoms with E-state index in [1.54, 1.807) is 0 Å². The van der Waals surface area contributed by atoms with Crippen molar-refractivity contribution < 1.29 is 4.79 Å². The molecule has 1 saturated carbocycles. The minimum atomic E-state index is 0.139. The van der Waals surface area contributed by atoms with E-state index in [4.69, 9.17) is 0 Å². The summed E-state index contributed by atoms with van der Waals surface area (Å²) >= 11 is 0. The second kappa shape index (κ2) is 7.55. The maximum Gasteiger partial charge on any atom is 0.222 e. The third-order valence-electron chi connectivity index (χ3n) is 6.85. The fraction of sp³-hybridized carbons (Fsp3) is 0.810. The number of nitrogens with zero attached hydrogens (tertiary/aromatic N) is 5. The highest BCUT2D eigenvalue weighted by Crippen LogP contribution is 2.35. The average molecular weight is 374 g/mol. The fourth-order valence-corrected chi connectivity index (χ4v) is 4.71. The van der Waals surface area contributed by atoms with Crippen LogP contribution in [0.5, 0.6) is 0 Å². The Hall–Kier alpha value is -1.40. The molecule has 6 nitrogen and oxygen atoms in total. The summed E-state index contributed by atoms with van der Waals surface area (Å²) in [6.45, 7) is 10.4. The summed E-state index contributed by atoms with van der Waals surface area (Å²) in [4.78, 5) is 19.9. The molecule has 3 aliphatic rings. The molecule has 6 heteroatoms. The molecule has 0 N–H and O–H groups in total. The van der Waals surface area contributed by atoms with Gasteiger partial charge >= 0.3 is 0 Å². The number of aromatic nitrogens is 2. The van der Waals surface area contributed by atoms with Crippen LogP contribution in [0.25, 0.3) is 0 Å². The Morgan fingerprint density at radius 2 is 2.04 bits per heavy atom. The quantitative estimate of drug-likeness (QED) is 0.795. The van der Waals surface area contributed by atoms with Crippen LogP contribution in [-0.2, 0) is 11.3 Å². The van der Waals surface area contributed by atoms with Crippen molar-refractivity contribution in [2.24, 2.45) is 5.92 Å². The van der Waals surface area contributed by atoms with Crippen molar-refractivity contribution in [1.82, 2.24) is 24.5 Å². The lowest BCUT2D eigenvalue weighted by Gasteiger charge is -2.49. The molecule has 1 atom stereocenters. The topological polar surface area (TPSA) is 44.6 Å². The Morgan fingerprint density at radius 3 is 2.74 bits per heavy atom. The van der Waals surface area contributed by atoms with E-state index in [-0.39, 0.29) is 5.54 Å². The number of rotatable bonds is 5. The molecule has 1 aromatic heterocycles. The van der Waals surface area contributed by atoms with E-state index in [9.17, 15) is 4.79 Å². The Kier molecular flexibility index (Phi) is 5.30. The van der Waals surface area contributed by atoms with Gasteiger partial charge in [0.1, 0.15) is 0 Å². The summed E-state index contributed by atoms with van der Waals surface area (Å²) in [7, 11) is 2.26. The van der Waals surface area contributed by atoms with Crippen LogP contribution in [-0.4, -0.2) is 75.7 Å². The van der Waals surface area contributed by atoms with Gasteiger partial charge in [0.05, 0.1) is 6.20 Å². The zero-order chi connectivity index (χ0) is 19.0. The normalized spacial score (nSPS) is 28.3. The Morgan fingerprint density at radius 1 is 1.22 bits per heavy atom. The second-order valence-corrected chi connectivity index (χ2v) is 9.31. The van der Waals surface area contributed by atoms with E-state index in [0.29, 0.717) is 18.4 Å². The molecule has 2 saturated heterocycles. The fourth-order valence-electron chi connectivity index (χ4n) is 4.71. The zero-order valence-corrected chi connectivity index (χ0v) is 17.2. The van der Waals surface area contributed by atoms with Gasteiger partial charge in [-0.1, -0.05) is 0 Å². The van der Waals surface area contributed by atoms with E-state index >= 15 is 0 Å². The first kappa shape index (κ1) is 18.9. The van der Waals surface area contributed by atoms with Crippen molar-refractivity contribution in [1.29, 1.82) is 0 Å². The van der Waals surface area contributed by atoms with Crippen molar-refractivity contribution in [3.8, 4) is 0 Å². The summed E-state index contributed by atoms with van der Waals surface area (Å²) in [5.41, 5.74) is 1.43. The number of carbonyl (C=O) groups is 1. The Bertz CT molecular complexity index is 667. The van der Waals surface area contributed by atoms with Gasteiger partial charge in [0.2, 0.25) is 5.91 Å². The van der Waals surface area contributed by atoms with Crippen LogP contribution in [0.1, 0.15) is 57.6 Å². The number of hydrogen-bond donors (Lipinski definition) is 0. The molecular formula is C21H35N5O. The van der Waals surface area contributed by atoms with Gasteiger partial charge < -0.3 is 4.90 Å². The lowest BCUT2D eigenvalue weighted by Crippen LogP contribution is -2.60. The monoisotopic (exact) mass is 373 g/mol. The minimum absolute atomic E-state index is 0.139. The van der Waals surface area contributed by atoms with Gasteiger partial charge in [0, 0.05) is 69.0 Å². The average Bonchev–Trinajstić information content (AvgIpc) is 3.36. The number of likely N-dealkylation sites (N-methyl/N-ethyl adjacent to an activating group) is 1. The van der Waals surface area contributed by atoms with Crippen LogP contribution in [0.2, 0.25) is 0 Å². The zero-order valence-electron chi connectivity index (χ0n) is 17.2. The van der Waals surface area contributed by atoms with Gasteiger partial charge in [-0.3, -0.25) is 19.3 Å². The summed E-state index contributed by atoms with van der Waals surface area (Å²) in [5.74, 6) is 1.16. The molecule has 0 bridgehead atoms. The molecule has 3 heterocycles. The van der Waals surface area contributed by atoms with Crippen molar-refractivity contribution in [2.75, 3.05) is 39.8 Å². The van der Waals surface area contributed by atoms with E-state index in [1.165, 1.54) is 18.4 Å². The van der Waals surface area contributed by atoms with Gasteiger partial charge in [-0.15, -0.1) is 0 Å². The van der Waals surface area contributed by atoms with Crippen LogP contribution >= 0.6 is 0 Å². The van der Waals surface area contributed by atoms with Gasteiger partial charge in [0.25, 0.3) is 0 Å². The maximum absolute atomic E-state index is 12.6. The summed E-state index contributed by atoms with van der Waals surface area (Å²) in [6.07, 6.45) is 9.62. The van der Waals surface area contributed by atoms with Gasteiger partial charge in [0.15, 0.2) is 0 Å². The van der Waals surface area contributed by atoms with Crippen molar-refractivity contribution in [2.45, 2.75) is 64.1 Å². The molecule has 2 aliphatic heterocycles. The van der Waals surface area contributed by atoms with Gasteiger partial charge in [-0.05, 0) is 52.5 Å². The van der Waals surface area contributed by atoms with Crippen molar-refractivity contribution in [3.05, 3.63) is 18.0 Å². The van der Waals surface area contributed by atoms with Gasteiger partial charge in [-0.2, -0.15) is 5.10 Å². The minimum Gasteiger partial charge on any atom is -0.342 e. The number of likely N-dealkylation sites (tertiary alicyclic amines) is 1. The molecule has 0 aromatic carbocycles. The molecular weight excluding hydrogens is 338 g/mol. The molecule has 0 radical (unpaired) electrons. The first-order valence-electron chi connectivity index (χ1n) is 10.7. The van der Waals surface area contributed by atoms with Crippen LogP contribution < -0.4 is 0 Å². The first-order valence-corrected chi connectivity index (χ1v) is 10.7. The molecule has 1 amide bonds. The number of carbonyl (C=O) groups excluding carboxylic acids is 1. The molecule has 3 fully saturated rings. The number of piperazine rings is 1. The van der Waals surface area contributed by atoms with Crippen LogP contribution in [0.15, 0.2) is 12.4 Å². The number of amides is 1. The molecule has 1 aliphatic carbocycles. The van der Waals surface area contributed by atoms with Crippen LogP contribution in [0.4, 0.5) is 0 Å². The summed E-state index contributed by atoms with van der Waals surface area (Å²) in [6, 6.07) is 0.405.